The monoisotopic (exact) mass is 298 g/mol. The van der Waals surface area contributed by atoms with Crippen LogP contribution in [0.3, 0.4) is 0 Å². The minimum Gasteiger partial charge on any atom is -0.385 e. The van der Waals surface area contributed by atoms with E-state index in [0.29, 0.717) is 12.1 Å². The van der Waals surface area contributed by atoms with Gasteiger partial charge in [0.15, 0.2) is 11.6 Å². The van der Waals surface area contributed by atoms with Crippen LogP contribution in [-0.4, -0.2) is 13.0 Å². The van der Waals surface area contributed by atoms with Gasteiger partial charge >= 0.3 is 0 Å². The minimum atomic E-state index is -1.37. The number of hydrogen-bond donors (Lipinski definition) is 2. The molecular weight excluding hydrogens is 288 g/mol. The highest BCUT2D eigenvalue weighted by atomic mass is 19.2. The highest BCUT2D eigenvalue weighted by Crippen LogP contribution is 2.23. The highest BCUT2D eigenvalue weighted by molar-refractivity contribution is 6.08. The van der Waals surface area contributed by atoms with Gasteiger partial charge in [-0.15, -0.1) is 0 Å². The van der Waals surface area contributed by atoms with Gasteiger partial charge in [-0.05, 0) is 12.1 Å². The number of para-hydroxylation sites is 1. The van der Waals surface area contributed by atoms with Gasteiger partial charge in [0.1, 0.15) is 11.6 Å². The van der Waals surface area contributed by atoms with Crippen LogP contribution in [0.2, 0.25) is 0 Å². The molecule has 0 radical (unpaired) electrons. The summed E-state index contributed by atoms with van der Waals surface area (Å²) in [5.74, 6) is -5.34. The van der Waals surface area contributed by atoms with Crippen molar-refractivity contribution in [2.75, 3.05) is 17.7 Å². The molecule has 21 heavy (non-hydrogen) atoms. The topological polar surface area (TPSA) is 41.1 Å². The predicted molar refractivity (Wildman–Crippen MR) is 70.2 cm³/mol. The van der Waals surface area contributed by atoms with Crippen LogP contribution in [0.1, 0.15) is 10.4 Å². The number of hydrogen-bond acceptors (Lipinski definition) is 2. The third-order valence-electron chi connectivity index (χ3n) is 2.77. The van der Waals surface area contributed by atoms with Crippen LogP contribution >= 0.6 is 0 Å². The van der Waals surface area contributed by atoms with Gasteiger partial charge in [0.25, 0.3) is 5.91 Å². The molecule has 0 atom stereocenters. The van der Waals surface area contributed by atoms with Crippen molar-refractivity contribution in [2.45, 2.75) is 0 Å². The fourth-order valence-electron chi connectivity index (χ4n) is 1.78. The van der Waals surface area contributed by atoms with Crippen molar-refractivity contribution in [3.8, 4) is 0 Å². The molecule has 0 saturated carbocycles. The molecule has 2 aromatic carbocycles. The molecule has 0 unspecified atom stereocenters. The first-order chi connectivity index (χ1) is 9.93. The van der Waals surface area contributed by atoms with Crippen molar-refractivity contribution in [3.63, 3.8) is 0 Å². The number of carbonyl (C=O) groups is 1. The smallest absolute Gasteiger partial charge is 0.257 e. The fourth-order valence-corrected chi connectivity index (χ4v) is 1.78. The zero-order valence-electron chi connectivity index (χ0n) is 10.8. The van der Waals surface area contributed by atoms with E-state index >= 15 is 0 Å². The number of benzene rings is 2. The highest BCUT2D eigenvalue weighted by Gasteiger charge is 2.17. The number of halogens is 4. The zero-order chi connectivity index (χ0) is 15.6. The Morgan fingerprint density at radius 1 is 0.952 bits per heavy atom. The third kappa shape index (κ3) is 2.96. The first-order valence-electron chi connectivity index (χ1n) is 5.86. The Balaban J connectivity index is 2.35. The average Bonchev–Trinajstić information content (AvgIpc) is 2.44. The summed E-state index contributed by atoms with van der Waals surface area (Å²) in [5.41, 5.74) is -0.718. The van der Waals surface area contributed by atoms with E-state index in [2.05, 4.69) is 10.6 Å². The molecule has 0 fully saturated rings. The zero-order valence-corrected chi connectivity index (χ0v) is 10.8. The van der Waals surface area contributed by atoms with Crippen LogP contribution in [0.4, 0.5) is 28.9 Å². The van der Waals surface area contributed by atoms with Gasteiger partial charge in [-0.3, -0.25) is 4.79 Å². The fraction of sp³-hybridized carbons (Fsp3) is 0.0714. The largest absolute Gasteiger partial charge is 0.385 e. The number of amides is 1. The molecule has 0 aliphatic carbocycles. The van der Waals surface area contributed by atoms with E-state index in [1.165, 1.54) is 19.2 Å². The maximum absolute atomic E-state index is 13.5. The molecule has 0 heterocycles. The van der Waals surface area contributed by atoms with Gasteiger partial charge < -0.3 is 10.6 Å². The van der Waals surface area contributed by atoms with Crippen molar-refractivity contribution in [1.82, 2.24) is 0 Å². The van der Waals surface area contributed by atoms with E-state index in [4.69, 9.17) is 0 Å². The quantitative estimate of drug-likeness (QED) is 0.672. The van der Waals surface area contributed by atoms with Crippen LogP contribution < -0.4 is 10.6 Å². The lowest BCUT2D eigenvalue weighted by molar-refractivity contribution is 0.102. The van der Waals surface area contributed by atoms with Crippen LogP contribution in [0.15, 0.2) is 30.3 Å². The van der Waals surface area contributed by atoms with Gasteiger partial charge in [-0.25, -0.2) is 17.6 Å². The molecule has 2 N–H and O–H groups in total. The molecule has 110 valence electrons. The van der Waals surface area contributed by atoms with Crippen molar-refractivity contribution in [2.24, 2.45) is 0 Å². The van der Waals surface area contributed by atoms with Crippen LogP contribution in [0.5, 0.6) is 0 Å². The van der Waals surface area contributed by atoms with Gasteiger partial charge in [0.2, 0.25) is 0 Å². The summed E-state index contributed by atoms with van der Waals surface area (Å²) in [6, 6.07) is 4.58. The Morgan fingerprint density at radius 3 is 2.29 bits per heavy atom. The molecule has 1 amide bonds. The molecule has 0 spiro atoms. The van der Waals surface area contributed by atoms with Crippen molar-refractivity contribution < 1.29 is 22.4 Å². The second-order valence-corrected chi connectivity index (χ2v) is 4.11. The summed E-state index contributed by atoms with van der Waals surface area (Å²) >= 11 is 0. The number of carbonyl (C=O) groups excluding carboxylic acids is 1. The van der Waals surface area contributed by atoms with Gasteiger partial charge in [0.05, 0.1) is 16.9 Å². The minimum absolute atomic E-state index is 0.0852. The van der Waals surface area contributed by atoms with E-state index < -0.39 is 34.9 Å². The predicted octanol–water partition coefficient (Wildman–Crippen LogP) is 3.54. The first-order valence-corrected chi connectivity index (χ1v) is 5.86. The van der Waals surface area contributed by atoms with E-state index in [-0.39, 0.29) is 11.3 Å². The Kier molecular flexibility index (Phi) is 4.11. The summed E-state index contributed by atoms with van der Waals surface area (Å²) in [6.07, 6.45) is 0. The van der Waals surface area contributed by atoms with Gasteiger partial charge in [-0.1, -0.05) is 6.07 Å². The molecule has 2 rings (SSSR count). The van der Waals surface area contributed by atoms with E-state index in [9.17, 15) is 22.4 Å². The Hall–Kier alpha value is -2.57. The number of nitrogens with one attached hydrogen (secondary N) is 2. The second kappa shape index (κ2) is 5.82. The molecule has 0 saturated heterocycles. The van der Waals surface area contributed by atoms with Crippen molar-refractivity contribution in [1.29, 1.82) is 0 Å². The summed E-state index contributed by atoms with van der Waals surface area (Å²) < 4.78 is 52.8. The number of rotatable bonds is 3. The molecule has 0 bridgehead atoms. The summed E-state index contributed by atoms with van der Waals surface area (Å²) in [4.78, 5) is 12.0. The summed E-state index contributed by atoms with van der Waals surface area (Å²) in [7, 11) is 1.41. The van der Waals surface area contributed by atoms with Crippen LogP contribution in [0, 0.1) is 23.3 Å². The SMILES string of the molecule is CNc1c(F)cccc1C(=O)Nc1cc(F)c(F)cc1F. The molecule has 0 aliphatic heterocycles. The Labute approximate surface area is 117 Å². The van der Waals surface area contributed by atoms with Crippen LogP contribution in [-0.2, 0) is 0 Å². The lowest BCUT2D eigenvalue weighted by Gasteiger charge is -2.11. The Morgan fingerprint density at radius 2 is 1.62 bits per heavy atom. The Bertz CT molecular complexity index is 704. The lowest BCUT2D eigenvalue weighted by Crippen LogP contribution is -2.16. The average molecular weight is 298 g/mol. The summed E-state index contributed by atoms with van der Waals surface area (Å²) in [6.45, 7) is 0. The van der Waals surface area contributed by atoms with E-state index in [1.807, 2.05) is 0 Å². The maximum atomic E-state index is 13.5. The summed E-state index contributed by atoms with van der Waals surface area (Å²) in [5, 5.41) is 4.57. The standard InChI is InChI=1S/C14H10F4N2O/c1-19-13-7(3-2-4-8(13)15)14(21)20-12-6-10(17)9(16)5-11(12)18/h2-6,19H,1H3,(H,20,21). The first kappa shape index (κ1) is 14.8. The van der Waals surface area contributed by atoms with E-state index in [0.717, 1.165) is 6.07 Å². The lowest BCUT2D eigenvalue weighted by atomic mass is 10.1. The molecular formula is C14H10F4N2O. The third-order valence-corrected chi connectivity index (χ3v) is 2.77. The molecule has 7 heteroatoms. The van der Waals surface area contributed by atoms with Crippen molar-refractivity contribution >= 4 is 17.3 Å². The number of anilines is 2. The van der Waals surface area contributed by atoms with Crippen LogP contribution in [0.25, 0.3) is 0 Å². The van der Waals surface area contributed by atoms with Crippen molar-refractivity contribution in [3.05, 3.63) is 59.2 Å². The van der Waals surface area contributed by atoms with E-state index in [1.54, 1.807) is 0 Å². The molecule has 0 aromatic heterocycles. The second-order valence-electron chi connectivity index (χ2n) is 4.11. The van der Waals surface area contributed by atoms with Gasteiger partial charge in [0, 0.05) is 19.2 Å². The molecule has 2 aromatic rings. The molecule has 0 aliphatic rings. The normalized spacial score (nSPS) is 10.3. The maximum Gasteiger partial charge on any atom is 0.257 e. The van der Waals surface area contributed by atoms with Gasteiger partial charge in [-0.2, -0.15) is 0 Å². The molecule has 3 nitrogen and oxygen atoms in total.